The Bertz CT molecular complexity index is 629. The summed E-state index contributed by atoms with van der Waals surface area (Å²) in [5.74, 6) is -0.675. The van der Waals surface area contributed by atoms with Crippen LogP contribution in [0.3, 0.4) is 0 Å². The second-order valence-electron chi connectivity index (χ2n) is 13.5. The number of carbonyl (C=O) groups is 2. The highest BCUT2D eigenvalue weighted by molar-refractivity contribution is 5.69. The fourth-order valence-corrected chi connectivity index (χ4v) is 6.06. The van der Waals surface area contributed by atoms with Crippen LogP contribution in [-0.2, 0) is 14.3 Å². The van der Waals surface area contributed by atoms with Crippen molar-refractivity contribution in [2.75, 3.05) is 0 Å². The highest BCUT2D eigenvalue weighted by Crippen LogP contribution is 2.18. The molecule has 1 atom stereocenters. The van der Waals surface area contributed by atoms with E-state index in [1.165, 1.54) is 141 Å². The Balaban J connectivity index is 3.62. The number of hydrogen-bond donors (Lipinski definition) is 1. The molecule has 0 bridgehead atoms. The molecule has 0 amide bonds. The Morgan fingerprint density at radius 3 is 1.27 bits per heavy atom. The molecule has 0 saturated heterocycles. The molecule has 0 radical (unpaired) electrons. The number of aliphatic carboxylic acids is 1. The zero-order chi connectivity index (χ0) is 32.2. The maximum Gasteiger partial charge on any atom is 0.306 e. The monoisotopic (exact) mass is 621 g/mol. The second-order valence-corrected chi connectivity index (χ2v) is 13.5. The van der Waals surface area contributed by atoms with E-state index in [4.69, 9.17) is 9.84 Å². The van der Waals surface area contributed by atoms with E-state index in [-0.39, 0.29) is 12.1 Å². The Kier molecular flexibility index (Phi) is 35.1. The normalized spacial score (nSPS) is 12.2. The largest absolute Gasteiger partial charge is 0.481 e. The third-order valence-corrected chi connectivity index (χ3v) is 8.99. The van der Waals surface area contributed by atoms with E-state index in [1.807, 2.05) is 0 Å². The number of rotatable bonds is 36. The minimum Gasteiger partial charge on any atom is -0.481 e. The molecule has 1 N–H and O–H groups in total. The predicted octanol–water partition coefficient (Wildman–Crippen LogP) is 13.5. The molecule has 0 saturated carbocycles. The summed E-state index contributed by atoms with van der Waals surface area (Å²) in [5, 5.41) is 8.71. The summed E-state index contributed by atoms with van der Waals surface area (Å²) in [5.41, 5.74) is 0. The van der Waals surface area contributed by atoms with Crippen LogP contribution in [0.2, 0.25) is 0 Å². The molecule has 0 rings (SSSR count). The van der Waals surface area contributed by atoms with Gasteiger partial charge in [-0.1, -0.05) is 161 Å². The molecule has 0 aromatic heterocycles. The number of carbonyl (C=O) groups excluding carboxylic acids is 1. The van der Waals surface area contributed by atoms with E-state index in [0.29, 0.717) is 12.8 Å². The molecule has 0 aromatic carbocycles. The first-order valence-electron chi connectivity index (χ1n) is 19.7. The van der Waals surface area contributed by atoms with E-state index in [0.717, 1.165) is 57.8 Å². The lowest BCUT2D eigenvalue weighted by molar-refractivity contribution is -0.150. The highest BCUT2D eigenvalue weighted by atomic mass is 16.5. The van der Waals surface area contributed by atoms with Gasteiger partial charge in [-0.2, -0.15) is 0 Å². The summed E-state index contributed by atoms with van der Waals surface area (Å²) in [7, 11) is 0. The lowest BCUT2D eigenvalue weighted by Crippen LogP contribution is -2.18. The van der Waals surface area contributed by atoms with Crippen molar-refractivity contribution in [2.45, 2.75) is 232 Å². The number of ether oxygens (including phenoxy) is 1. The Morgan fingerprint density at radius 1 is 0.477 bits per heavy atom. The summed E-state index contributed by atoms with van der Waals surface area (Å²) < 4.78 is 5.92. The van der Waals surface area contributed by atoms with E-state index >= 15 is 0 Å². The predicted molar refractivity (Wildman–Crippen MR) is 190 cm³/mol. The third kappa shape index (κ3) is 35.2. The van der Waals surface area contributed by atoms with Gasteiger partial charge in [0.1, 0.15) is 6.10 Å². The van der Waals surface area contributed by atoms with Crippen LogP contribution in [0.5, 0.6) is 0 Å². The number of allylic oxidation sites excluding steroid dienone is 2. The van der Waals surface area contributed by atoms with Crippen LogP contribution in [0, 0.1) is 0 Å². The third-order valence-electron chi connectivity index (χ3n) is 8.99. The van der Waals surface area contributed by atoms with Crippen LogP contribution < -0.4 is 0 Å². The van der Waals surface area contributed by atoms with Crippen molar-refractivity contribution in [1.82, 2.24) is 0 Å². The van der Waals surface area contributed by atoms with Crippen molar-refractivity contribution in [3.63, 3.8) is 0 Å². The Hall–Kier alpha value is -1.32. The van der Waals surface area contributed by atoms with Crippen molar-refractivity contribution in [1.29, 1.82) is 0 Å². The Morgan fingerprint density at radius 2 is 0.818 bits per heavy atom. The zero-order valence-corrected chi connectivity index (χ0v) is 29.7. The van der Waals surface area contributed by atoms with E-state index in [2.05, 4.69) is 26.0 Å². The molecule has 0 aliphatic heterocycles. The first-order valence-corrected chi connectivity index (χ1v) is 19.7. The summed E-state index contributed by atoms with van der Waals surface area (Å²) in [6, 6.07) is 0. The Labute approximate surface area is 275 Å². The maximum absolute atomic E-state index is 12.5. The number of carboxylic acid groups (broad SMARTS) is 1. The summed E-state index contributed by atoms with van der Waals surface area (Å²) in [4.78, 5) is 23.1. The van der Waals surface area contributed by atoms with Gasteiger partial charge in [0, 0.05) is 12.8 Å². The van der Waals surface area contributed by atoms with Gasteiger partial charge >= 0.3 is 11.9 Å². The lowest BCUT2D eigenvalue weighted by Gasteiger charge is -2.18. The van der Waals surface area contributed by atoms with Crippen molar-refractivity contribution in [2.24, 2.45) is 0 Å². The minimum absolute atomic E-state index is 0.0122. The first kappa shape index (κ1) is 42.7. The molecule has 0 aliphatic rings. The molecular formula is C40H76O4. The van der Waals surface area contributed by atoms with Gasteiger partial charge in [0.05, 0.1) is 0 Å². The van der Waals surface area contributed by atoms with Gasteiger partial charge in [-0.25, -0.2) is 0 Å². The van der Waals surface area contributed by atoms with E-state index < -0.39 is 5.97 Å². The van der Waals surface area contributed by atoms with Crippen molar-refractivity contribution in [3.8, 4) is 0 Å². The molecule has 0 fully saturated rings. The van der Waals surface area contributed by atoms with Gasteiger partial charge in [-0.3, -0.25) is 9.59 Å². The molecular weight excluding hydrogens is 544 g/mol. The van der Waals surface area contributed by atoms with Crippen LogP contribution in [0.4, 0.5) is 0 Å². The maximum atomic E-state index is 12.5. The van der Waals surface area contributed by atoms with Crippen LogP contribution in [0.1, 0.15) is 226 Å². The van der Waals surface area contributed by atoms with Gasteiger partial charge in [-0.15, -0.1) is 0 Å². The molecule has 44 heavy (non-hydrogen) atoms. The number of hydrogen-bond acceptors (Lipinski definition) is 3. The number of unbranched alkanes of at least 4 members (excludes halogenated alkanes) is 25. The quantitative estimate of drug-likeness (QED) is 0.0430. The molecule has 0 aliphatic carbocycles. The SMILES string of the molecule is CCCCCCCC/C=C\CCCCCCCCCCCCCC(=O)OC(CCCCC)CCCCCCCCCC(=O)O. The van der Waals surface area contributed by atoms with Crippen molar-refractivity contribution in [3.05, 3.63) is 12.2 Å². The van der Waals surface area contributed by atoms with Crippen molar-refractivity contribution >= 4 is 11.9 Å². The van der Waals surface area contributed by atoms with Crippen LogP contribution in [0.15, 0.2) is 12.2 Å². The van der Waals surface area contributed by atoms with Gasteiger partial charge in [-0.05, 0) is 64.2 Å². The van der Waals surface area contributed by atoms with Gasteiger partial charge in [0.2, 0.25) is 0 Å². The van der Waals surface area contributed by atoms with Gasteiger partial charge in [0.25, 0.3) is 0 Å². The second kappa shape index (κ2) is 36.2. The molecule has 260 valence electrons. The molecule has 0 heterocycles. The summed E-state index contributed by atoms with van der Waals surface area (Å²) in [6.45, 7) is 4.50. The summed E-state index contributed by atoms with van der Waals surface area (Å²) in [6.07, 6.45) is 44.1. The van der Waals surface area contributed by atoms with Gasteiger partial charge < -0.3 is 9.84 Å². The average Bonchev–Trinajstić information content (AvgIpc) is 3.00. The lowest BCUT2D eigenvalue weighted by atomic mass is 10.0. The molecule has 4 nitrogen and oxygen atoms in total. The van der Waals surface area contributed by atoms with E-state index in [9.17, 15) is 9.59 Å². The van der Waals surface area contributed by atoms with Crippen LogP contribution in [0.25, 0.3) is 0 Å². The molecule has 0 spiro atoms. The highest BCUT2D eigenvalue weighted by Gasteiger charge is 2.14. The molecule has 0 aromatic rings. The van der Waals surface area contributed by atoms with Gasteiger partial charge in [0.15, 0.2) is 0 Å². The summed E-state index contributed by atoms with van der Waals surface area (Å²) >= 11 is 0. The number of carboxylic acids is 1. The van der Waals surface area contributed by atoms with E-state index in [1.54, 1.807) is 0 Å². The fraction of sp³-hybridized carbons (Fsp3) is 0.900. The molecule has 4 heteroatoms. The number of esters is 1. The smallest absolute Gasteiger partial charge is 0.306 e. The topological polar surface area (TPSA) is 63.6 Å². The first-order chi connectivity index (χ1) is 21.6. The fourth-order valence-electron chi connectivity index (χ4n) is 6.06. The zero-order valence-electron chi connectivity index (χ0n) is 29.7. The minimum atomic E-state index is -0.687. The van der Waals surface area contributed by atoms with Crippen molar-refractivity contribution < 1.29 is 19.4 Å². The van der Waals surface area contributed by atoms with Crippen LogP contribution >= 0.6 is 0 Å². The average molecular weight is 621 g/mol. The molecule has 1 unspecified atom stereocenters. The standard InChI is InChI=1S/C40H76O4/c1-3-5-7-8-9-10-11-12-13-14-15-16-17-18-19-20-21-22-26-29-33-37-40(43)44-38(34-30-6-4-2)35-31-27-24-23-25-28-32-36-39(41)42/h12-13,38H,3-11,14-37H2,1-2H3,(H,41,42)/b13-12-. The van der Waals surface area contributed by atoms with Crippen LogP contribution in [-0.4, -0.2) is 23.1 Å².